The molecule has 3 aromatic rings. The van der Waals surface area contributed by atoms with Crippen LogP contribution in [0.1, 0.15) is 16.2 Å². The van der Waals surface area contributed by atoms with Crippen LogP contribution in [0.4, 0.5) is 5.82 Å². The van der Waals surface area contributed by atoms with Crippen molar-refractivity contribution in [2.24, 2.45) is 7.05 Å². The van der Waals surface area contributed by atoms with Crippen molar-refractivity contribution >= 4 is 23.3 Å². The first-order valence-electron chi connectivity index (χ1n) is 7.11. The quantitative estimate of drug-likeness (QED) is 0.790. The van der Waals surface area contributed by atoms with Crippen LogP contribution in [-0.4, -0.2) is 25.2 Å². The third-order valence-electron chi connectivity index (χ3n) is 3.42. The van der Waals surface area contributed by atoms with Crippen LogP contribution in [0, 0.1) is 6.92 Å². The molecule has 1 aromatic carbocycles. The highest BCUT2D eigenvalue weighted by Gasteiger charge is 2.15. The van der Waals surface area contributed by atoms with Gasteiger partial charge < -0.3 is 9.88 Å². The van der Waals surface area contributed by atoms with Gasteiger partial charge in [0, 0.05) is 30.2 Å². The second-order valence-corrected chi connectivity index (χ2v) is 5.65. The fourth-order valence-electron chi connectivity index (χ4n) is 2.21. The minimum atomic E-state index is -0.505. The zero-order chi connectivity index (χ0) is 17.3. The van der Waals surface area contributed by atoms with Crippen LogP contribution >= 0.6 is 11.6 Å². The van der Waals surface area contributed by atoms with Gasteiger partial charge in [-0.3, -0.25) is 9.59 Å². The Morgan fingerprint density at radius 1 is 1.29 bits per heavy atom. The molecular weight excluding hydrogens is 330 g/mol. The standard InChI is InChI=1S/C16H14ClN5O2/c1-10-8-13(20-22(10)12-5-3-4-11(17)9-12)15(23)19-14-16(24)21(2)7-6-18-14/h3-9H,1-2H3,(H,18,19,23). The zero-order valence-electron chi connectivity index (χ0n) is 13.0. The number of aromatic nitrogens is 4. The zero-order valence-corrected chi connectivity index (χ0v) is 13.8. The molecule has 0 saturated heterocycles. The number of nitrogens with zero attached hydrogens (tertiary/aromatic N) is 4. The molecule has 0 aliphatic rings. The van der Waals surface area contributed by atoms with E-state index in [4.69, 9.17) is 11.6 Å². The molecule has 0 aliphatic carbocycles. The molecule has 0 bridgehead atoms. The van der Waals surface area contributed by atoms with Gasteiger partial charge in [0.15, 0.2) is 11.5 Å². The summed E-state index contributed by atoms with van der Waals surface area (Å²) in [6.45, 7) is 1.82. The van der Waals surface area contributed by atoms with E-state index in [0.29, 0.717) is 5.02 Å². The van der Waals surface area contributed by atoms with Crippen molar-refractivity contribution in [1.82, 2.24) is 19.3 Å². The molecule has 3 rings (SSSR count). The van der Waals surface area contributed by atoms with Crippen LogP contribution in [0.2, 0.25) is 5.02 Å². The van der Waals surface area contributed by atoms with Crippen LogP contribution in [0.5, 0.6) is 0 Å². The molecular formula is C16H14ClN5O2. The van der Waals surface area contributed by atoms with Crippen molar-refractivity contribution in [3.05, 3.63) is 69.5 Å². The molecule has 0 fully saturated rings. The number of benzene rings is 1. The summed E-state index contributed by atoms with van der Waals surface area (Å²) in [4.78, 5) is 28.1. The molecule has 1 amide bonds. The monoisotopic (exact) mass is 343 g/mol. The number of anilines is 1. The van der Waals surface area contributed by atoms with E-state index in [1.165, 1.54) is 17.0 Å². The minimum Gasteiger partial charge on any atom is -0.314 e. The molecule has 1 N–H and O–H groups in total. The first-order valence-corrected chi connectivity index (χ1v) is 7.49. The average Bonchev–Trinajstić information content (AvgIpc) is 2.94. The van der Waals surface area contributed by atoms with Gasteiger partial charge in [-0.1, -0.05) is 17.7 Å². The highest BCUT2D eigenvalue weighted by atomic mass is 35.5. The number of aryl methyl sites for hydroxylation is 2. The molecule has 2 aromatic heterocycles. The smallest absolute Gasteiger partial charge is 0.293 e. The topological polar surface area (TPSA) is 81.8 Å². The minimum absolute atomic E-state index is 0.0417. The maximum atomic E-state index is 12.3. The lowest BCUT2D eigenvalue weighted by Gasteiger charge is -2.04. The Balaban J connectivity index is 1.91. The SMILES string of the molecule is Cc1cc(C(=O)Nc2nccn(C)c2=O)nn1-c1cccc(Cl)c1. The highest BCUT2D eigenvalue weighted by Crippen LogP contribution is 2.17. The van der Waals surface area contributed by atoms with E-state index in [9.17, 15) is 9.59 Å². The Hall–Kier alpha value is -2.93. The summed E-state index contributed by atoms with van der Waals surface area (Å²) in [5.41, 5.74) is 1.29. The summed E-state index contributed by atoms with van der Waals surface area (Å²) < 4.78 is 2.94. The number of amides is 1. The van der Waals surface area contributed by atoms with Gasteiger partial charge in [0.1, 0.15) is 0 Å². The van der Waals surface area contributed by atoms with E-state index < -0.39 is 11.5 Å². The number of rotatable bonds is 3. The maximum absolute atomic E-state index is 12.3. The lowest BCUT2D eigenvalue weighted by Crippen LogP contribution is -2.25. The van der Waals surface area contributed by atoms with Gasteiger partial charge in [-0.2, -0.15) is 5.10 Å². The molecule has 0 radical (unpaired) electrons. The molecule has 0 atom stereocenters. The summed E-state index contributed by atoms with van der Waals surface area (Å²) in [5.74, 6) is -0.547. The lowest BCUT2D eigenvalue weighted by atomic mass is 10.3. The average molecular weight is 344 g/mol. The van der Waals surface area contributed by atoms with Gasteiger partial charge in [0.25, 0.3) is 11.5 Å². The number of carbonyl (C=O) groups excluding carboxylic acids is 1. The van der Waals surface area contributed by atoms with Crippen molar-refractivity contribution < 1.29 is 4.79 Å². The first-order chi connectivity index (χ1) is 11.5. The van der Waals surface area contributed by atoms with E-state index in [2.05, 4.69) is 15.4 Å². The molecule has 0 aliphatic heterocycles. The van der Waals surface area contributed by atoms with Gasteiger partial charge in [-0.25, -0.2) is 9.67 Å². The Morgan fingerprint density at radius 2 is 2.08 bits per heavy atom. The Kier molecular flexibility index (Phi) is 4.18. The number of carbonyl (C=O) groups is 1. The van der Waals surface area contributed by atoms with Gasteiger partial charge in [-0.15, -0.1) is 0 Å². The van der Waals surface area contributed by atoms with E-state index in [-0.39, 0.29) is 11.5 Å². The van der Waals surface area contributed by atoms with Crippen LogP contribution in [0.25, 0.3) is 5.69 Å². The number of halogens is 1. The van der Waals surface area contributed by atoms with Crippen LogP contribution in [0.3, 0.4) is 0 Å². The van der Waals surface area contributed by atoms with Crippen LogP contribution < -0.4 is 10.9 Å². The highest BCUT2D eigenvalue weighted by molar-refractivity contribution is 6.30. The predicted molar refractivity (Wildman–Crippen MR) is 90.7 cm³/mol. The number of hydrogen-bond donors (Lipinski definition) is 1. The summed E-state index contributed by atoms with van der Waals surface area (Å²) >= 11 is 5.99. The second-order valence-electron chi connectivity index (χ2n) is 5.21. The third kappa shape index (κ3) is 3.07. The maximum Gasteiger partial charge on any atom is 0.293 e. The van der Waals surface area contributed by atoms with Crippen molar-refractivity contribution in [2.45, 2.75) is 6.92 Å². The molecule has 24 heavy (non-hydrogen) atoms. The molecule has 0 unspecified atom stereocenters. The largest absolute Gasteiger partial charge is 0.314 e. The molecule has 0 spiro atoms. The summed E-state index contributed by atoms with van der Waals surface area (Å²) in [5, 5.41) is 7.34. The van der Waals surface area contributed by atoms with Crippen LogP contribution in [-0.2, 0) is 7.05 Å². The summed E-state index contributed by atoms with van der Waals surface area (Å²) in [6.07, 6.45) is 2.95. The van der Waals surface area contributed by atoms with Crippen molar-refractivity contribution in [3.63, 3.8) is 0 Å². The third-order valence-corrected chi connectivity index (χ3v) is 3.66. The van der Waals surface area contributed by atoms with Crippen molar-refractivity contribution in [3.8, 4) is 5.69 Å². The Bertz CT molecular complexity index is 977. The molecule has 0 saturated carbocycles. The lowest BCUT2D eigenvalue weighted by molar-refractivity contribution is 0.102. The molecule has 8 heteroatoms. The van der Waals surface area contributed by atoms with E-state index in [1.54, 1.807) is 36.0 Å². The first kappa shape index (κ1) is 15.9. The summed E-state index contributed by atoms with van der Waals surface area (Å²) in [6, 6.07) is 8.77. The second kappa shape index (κ2) is 6.29. The van der Waals surface area contributed by atoms with Gasteiger partial charge in [0.2, 0.25) is 0 Å². The molecule has 2 heterocycles. The van der Waals surface area contributed by atoms with Crippen molar-refractivity contribution in [1.29, 1.82) is 0 Å². The van der Waals surface area contributed by atoms with E-state index >= 15 is 0 Å². The molecule has 7 nitrogen and oxygen atoms in total. The van der Waals surface area contributed by atoms with E-state index in [0.717, 1.165) is 11.4 Å². The fourth-order valence-corrected chi connectivity index (χ4v) is 2.39. The number of nitrogens with one attached hydrogen (secondary N) is 1. The number of hydrogen-bond acceptors (Lipinski definition) is 4. The van der Waals surface area contributed by atoms with Crippen molar-refractivity contribution in [2.75, 3.05) is 5.32 Å². The van der Waals surface area contributed by atoms with Crippen LogP contribution in [0.15, 0.2) is 47.5 Å². The fraction of sp³-hybridized carbons (Fsp3) is 0.125. The molecule has 122 valence electrons. The van der Waals surface area contributed by atoms with Gasteiger partial charge >= 0.3 is 0 Å². The predicted octanol–water partition coefficient (Wildman–Crippen LogP) is 2.18. The van der Waals surface area contributed by atoms with E-state index in [1.807, 2.05) is 13.0 Å². The summed E-state index contributed by atoms with van der Waals surface area (Å²) in [7, 11) is 1.58. The normalized spacial score (nSPS) is 10.6. The van der Waals surface area contributed by atoms with Gasteiger partial charge in [0.05, 0.1) is 5.69 Å². The van der Waals surface area contributed by atoms with Gasteiger partial charge in [-0.05, 0) is 31.2 Å². The Morgan fingerprint density at radius 3 is 2.83 bits per heavy atom. The Labute approximate surface area is 142 Å².